The lowest BCUT2D eigenvalue weighted by Gasteiger charge is -2.11. The third-order valence-electron chi connectivity index (χ3n) is 2.60. The fourth-order valence-corrected chi connectivity index (χ4v) is 2.15. The Bertz CT molecular complexity index is 556. The quantitative estimate of drug-likeness (QED) is 0.736. The summed E-state index contributed by atoms with van der Waals surface area (Å²) in [4.78, 5) is 0. The monoisotopic (exact) mass is 286 g/mol. The van der Waals surface area contributed by atoms with Crippen LogP contribution in [0.5, 0.6) is 5.75 Å². The normalized spacial score (nSPS) is 11.4. The number of hydrogen-bond donors (Lipinski definition) is 0. The highest BCUT2D eigenvalue weighted by atomic mass is 35.5. The van der Waals surface area contributed by atoms with Gasteiger partial charge in [0.15, 0.2) is 0 Å². The summed E-state index contributed by atoms with van der Waals surface area (Å²) in [5.41, 5.74) is 2.51. The van der Waals surface area contributed by atoms with Crippen molar-refractivity contribution in [1.82, 2.24) is 0 Å². The lowest BCUT2D eigenvalue weighted by molar-refractivity contribution is -0.274. The third-order valence-corrected chi connectivity index (χ3v) is 2.91. The predicted molar refractivity (Wildman–Crippen MR) is 68.3 cm³/mol. The number of halogens is 4. The van der Waals surface area contributed by atoms with Gasteiger partial charge in [-0.15, -0.1) is 13.2 Å². The van der Waals surface area contributed by atoms with E-state index in [1.165, 1.54) is 12.1 Å². The highest BCUT2D eigenvalue weighted by Crippen LogP contribution is 2.32. The smallest absolute Gasteiger partial charge is 0.406 e. The average molecular weight is 287 g/mol. The molecular weight excluding hydrogens is 277 g/mol. The van der Waals surface area contributed by atoms with Gasteiger partial charge in [-0.3, -0.25) is 0 Å². The van der Waals surface area contributed by atoms with Gasteiger partial charge >= 0.3 is 6.36 Å². The van der Waals surface area contributed by atoms with E-state index in [2.05, 4.69) is 4.74 Å². The Kier molecular flexibility index (Phi) is 3.71. The molecule has 0 unspecified atom stereocenters. The molecule has 19 heavy (non-hydrogen) atoms. The topological polar surface area (TPSA) is 9.23 Å². The molecule has 0 aliphatic rings. The van der Waals surface area contributed by atoms with Crippen molar-refractivity contribution in [3.8, 4) is 16.9 Å². The zero-order chi connectivity index (χ0) is 14.0. The van der Waals surface area contributed by atoms with Gasteiger partial charge in [-0.05, 0) is 36.2 Å². The van der Waals surface area contributed by atoms with Crippen LogP contribution in [0.25, 0.3) is 11.1 Å². The zero-order valence-electron chi connectivity index (χ0n) is 9.96. The second-order valence-corrected chi connectivity index (χ2v) is 4.41. The Morgan fingerprint density at radius 3 is 2.16 bits per heavy atom. The zero-order valence-corrected chi connectivity index (χ0v) is 10.7. The number of aryl methyl sites for hydroxylation is 1. The first-order valence-electron chi connectivity index (χ1n) is 5.48. The first-order chi connectivity index (χ1) is 8.87. The summed E-state index contributed by atoms with van der Waals surface area (Å²) in [5.74, 6) is -0.249. The average Bonchev–Trinajstić information content (AvgIpc) is 2.29. The van der Waals surface area contributed by atoms with E-state index >= 15 is 0 Å². The minimum absolute atomic E-state index is 0.249. The second kappa shape index (κ2) is 5.13. The Labute approximate surface area is 113 Å². The highest BCUT2D eigenvalue weighted by Gasteiger charge is 2.30. The molecule has 0 amide bonds. The van der Waals surface area contributed by atoms with E-state index in [4.69, 9.17) is 11.6 Å². The molecule has 0 aromatic heterocycles. The van der Waals surface area contributed by atoms with E-state index < -0.39 is 6.36 Å². The first-order valence-corrected chi connectivity index (χ1v) is 5.86. The van der Waals surface area contributed by atoms with Crippen LogP contribution in [0.2, 0.25) is 5.02 Å². The molecule has 0 N–H and O–H groups in total. The molecule has 0 fully saturated rings. The maximum absolute atomic E-state index is 12.0. The molecule has 0 saturated carbocycles. The summed E-state index contributed by atoms with van der Waals surface area (Å²) in [6.07, 6.45) is -4.68. The first kappa shape index (κ1) is 13.7. The number of alkyl halides is 3. The molecule has 5 heteroatoms. The standard InChI is InChI=1S/C14H10ClF3O/c1-9-3-2-4-12(15)13(9)10-5-7-11(8-6-10)19-14(16,17)18/h2-8H,1H3. The largest absolute Gasteiger partial charge is 0.573 e. The van der Waals surface area contributed by atoms with Crippen LogP contribution in [0.4, 0.5) is 13.2 Å². The van der Waals surface area contributed by atoms with E-state index in [0.717, 1.165) is 16.7 Å². The van der Waals surface area contributed by atoms with Crippen molar-refractivity contribution in [2.45, 2.75) is 13.3 Å². The van der Waals surface area contributed by atoms with Crippen molar-refractivity contribution in [3.63, 3.8) is 0 Å². The summed E-state index contributed by atoms with van der Waals surface area (Å²) in [5, 5.41) is 0.560. The van der Waals surface area contributed by atoms with E-state index in [1.54, 1.807) is 18.2 Å². The van der Waals surface area contributed by atoms with Crippen molar-refractivity contribution >= 4 is 11.6 Å². The Morgan fingerprint density at radius 2 is 1.63 bits per heavy atom. The number of benzene rings is 2. The van der Waals surface area contributed by atoms with Crippen molar-refractivity contribution in [3.05, 3.63) is 53.1 Å². The summed E-state index contributed by atoms with van der Waals surface area (Å²) in [7, 11) is 0. The van der Waals surface area contributed by atoms with Gasteiger partial charge in [0.25, 0.3) is 0 Å². The molecule has 2 rings (SSSR count). The van der Waals surface area contributed by atoms with Crippen LogP contribution in [-0.4, -0.2) is 6.36 Å². The van der Waals surface area contributed by atoms with Crippen LogP contribution >= 0.6 is 11.6 Å². The summed E-state index contributed by atoms with van der Waals surface area (Å²) >= 11 is 6.10. The van der Waals surface area contributed by atoms with Crippen LogP contribution in [0.1, 0.15) is 5.56 Å². The second-order valence-electron chi connectivity index (χ2n) is 4.00. The van der Waals surface area contributed by atoms with Crippen LogP contribution in [0, 0.1) is 6.92 Å². The van der Waals surface area contributed by atoms with Crippen LogP contribution in [0.3, 0.4) is 0 Å². The van der Waals surface area contributed by atoms with Crippen LogP contribution in [-0.2, 0) is 0 Å². The van der Waals surface area contributed by atoms with E-state index in [1.807, 2.05) is 19.1 Å². The van der Waals surface area contributed by atoms with E-state index in [-0.39, 0.29) is 5.75 Å². The van der Waals surface area contributed by atoms with Gasteiger partial charge in [0.2, 0.25) is 0 Å². The Hall–Kier alpha value is -1.68. The van der Waals surface area contributed by atoms with E-state index in [0.29, 0.717) is 5.02 Å². The van der Waals surface area contributed by atoms with Gasteiger partial charge in [0.05, 0.1) is 0 Å². The number of hydrogen-bond acceptors (Lipinski definition) is 1. The number of ether oxygens (including phenoxy) is 1. The molecular formula is C14H10ClF3O. The van der Waals surface area contributed by atoms with Gasteiger partial charge in [-0.1, -0.05) is 35.9 Å². The molecule has 2 aromatic carbocycles. The van der Waals surface area contributed by atoms with Crippen molar-refractivity contribution < 1.29 is 17.9 Å². The molecule has 0 atom stereocenters. The van der Waals surface area contributed by atoms with Crippen molar-refractivity contribution in [2.75, 3.05) is 0 Å². The summed E-state index contributed by atoms with van der Waals surface area (Å²) in [6.45, 7) is 1.89. The van der Waals surface area contributed by atoms with Crippen LogP contribution < -0.4 is 4.74 Å². The predicted octanol–water partition coefficient (Wildman–Crippen LogP) is 5.21. The van der Waals surface area contributed by atoms with Crippen molar-refractivity contribution in [2.24, 2.45) is 0 Å². The van der Waals surface area contributed by atoms with Gasteiger partial charge in [0, 0.05) is 10.6 Å². The van der Waals surface area contributed by atoms with Gasteiger partial charge < -0.3 is 4.74 Å². The Morgan fingerprint density at radius 1 is 1.00 bits per heavy atom. The lowest BCUT2D eigenvalue weighted by atomic mass is 10.0. The van der Waals surface area contributed by atoms with Crippen LogP contribution in [0.15, 0.2) is 42.5 Å². The van der Waals surface area contributed by atoms with E-state index in [9.17, 15) is 13.2 Å². The summed E-state index contributed by atoms with van der Waals surface area (Å²) in [6, 6.07) is 11.1. The molecule has 0 spiro atoms. The summed E-state index contributed by atoms with van der Waals surface area (Å²) < 4.78 is 40.0. The molecule has 0 bridgehead atoms. The SMILES string of the molecule is Cc1cccc(Cl)c1-c1ccc(OC(F)(F)F)cc1. The highest BCUT2D eigenvalue weighted by molar-refractivity contribution is 6.33. The molecule has 0 saturated heterocycles. The van der Waals surface area contributed by atoms with Gasteiger partial charge in [-0.25, -0.2) is 0 Å². The molecule has 1 nitrogen and oxygen atoms in total. The minimum Gasteiger partial charge on any atom is -0.406 e. The lowest BCUT2D eigenvalue weighted by Crippen LogP contribution is -2.16. The molecule has 0 radical (unpaired) electrons. The van der Waals surface area contributed by atoms with Gasteiger partial charge in [-0.2, -0.15) is 0 Å². The third kappa shape index (κ3) is 3.41. The fraction of sp³-hybridized carbons (Fsp3) is 0.143. The van der Waals surface area contributed by atoms with Crippen molar-refractivity contribution in [1.29, 1.82) is 0 Å². The maximum Gasteiger partial charge on any atom is 0.573 e. The minimum atomic E-state index is -4.68. The van der Waals surface area contributed by atoms with Gasteiger partial charge in [0.1, 0.15) is 5.75 Å². The molecule has 2 aromatic rings. The Balaban J connectivity index is 2.33. The fourth-order valence-electron chi connectivity index (χ4n) is 1.82. The molecule has 100 valence electrons. The molecule has 0 heterocycles. The molecule has 0 aliphatic carbocycles. The maximum atomic E-state index is 12.0. The number of rotatable bonds is 2. The molecule has 0 aliphatic heterocycles.